The molecule has 20 heavy (non-hydrogen) atoms. The molecule has 0 bridgehead atoms. The zero-order valence-corrected chi connectivity index (χ0v) is 13.1. The highest BCUT2D eigenvalue weighted by molar-refractivity contribution is 7.12. The average molecular weight is 294 g/mol. The molecule has 0 unspecified atom stereocenters. The number of rotatable bonds is 5. The normalized spacial score (nSPS) is 17.4. The summed E-state index contributed by atoms with van der Waals surface area (Å²) in [6, 6.07) is 0. The summed E-state index contributed by atoms with van der Waals surface area (Å²) < 4.78 is 0. The van der Waals surface area contributed by atoms with Crippen LogP contribution in [0.3, 0.4) is 0 Å². The maximum atomic E-state index is 11.7. The molecule has 2 N–H and O–H groups in total. The van der Waals surface area contributed by atoms with Crippen LogP contribution in [0.1, 0.15) is 43.5 Å². The van der Waals surface area contributed by atoms with E-state index >= 15 is 0 Å². The van der Waals surface area contributed by atoms with Crippen LogP contribution in [0.25, 0.3) is 6.08 Å². The molecule has 1 heterocycles. The summed E-state index contributed by atoms with van der Waals surface area (Å²) in [5, 5.41) is 13.1. The number of carbonyl (C=O) groups excluding carboxylic acids is 1. The van der Waals surface area contributed by atoms with Gasteiger partial charge in [0.15, 0.2) is 0 Å². The Morgan fingerprint density at radius 3 is 2.75 bits per heavy atom. The second kappa shape index (κ2) is 5.66. The average Bonchev–Trinajstić information content (AvgIpc) is 3.00. The molecule has 1 aromatic heterocycles. The van der Waals surface area contributed by atoms with Crippen molar-refractivity contribution >= 4 is 23.3 Å². The smallest absolute Gasteiger partial charge is 0.244 e. The molecule has 0 spiro atoms. The molecule has 0 aromatic carbocycles. The third-order valence-corrected chi connectivity index (χ3v) is 4.88. The third kappa shape index (κ3) is 3.90. The molecular weight excluding hydrogens is 272 g/mol. The predicted octanol–water partition coefficient (Wildman–Crippen LogP) is 2.34. The van der Waals surface area contributed by atoms with Crippen molar-refractivity contribution in [3.8, 4) is 0 Å². The number of thiazole rings is 1. The standard InChI is InChI=1S/C15H22N2O2S/c1-14(2,3)13-16-8-11(20-13)4-5-12(19)17-9-15(10-18)6-7-15/h4-5,8,18H,6-7,9-10H2,1-3H3,(H,17,19)/b5-4+. The van der Waals surface area contributed by atoms with Crippen molar-refractivity contribution in [3.63, 3.8) is 0 Å². The Labute approximate surface area is 123 Å². The highest BCUT2D eigenvalue weighted by Gasteiger charge is 2.41. The van der Waals surface area contributed by atoms with Gasteiger partial charge in [0.05, 0.1) is 11.6 Å². The zero-order valence-electron chi connectivity index (χ0n) is 12.3. The van der Waals surface area contributed by atoms with Gasteiger partial charge in [-0.25, -0.2) is 4.98 Å². The number of hydrogen-bond acceptors (Lipinski definition) is 4. The number of nitrogens with one attached hydrogen (secondary N) is 1. The lowest BCUT2D eigenvalue weighted by Crippen LogP contribution is -2.30. The van der Waals surface area contributed by atoms with Gasteiger partial charge in [-0.15, -0.1) is 11.3 Å². The van der Waals surface area contributed by atoms with Gasteiger partial charge in [-0.1, -0.05) is 20.8 Å². The van der Waals surface area contributed by atoms with E-state index in [1.165, 1.54) is 6.08 Å². The van der Waals surface area contributed by atoms with Gasteiger partial charge in [0.2, 0.25) is 5.91 Å². The van der Waals surface area contributed by atoms with Gasteiger partial charge in [-0.05, 0) is 18.9 Å². The molecule has 5 heteroatoms. The Balaban J connectivity index is 1.86. The van der Waals surface area contributed by atoms with E-state index in [1.54, 1.807) is 23.6 Å². The maximum absolute atomic E-state index is 11.7. The minimum absolute atomic E-state index is 0.0402. The highest BCUT2D eigenvalue weighted by Crippen LogP contribution is 2.44. The number of aliphatic hydroxyl groups is 1. The first-order chi connectivity index (χ1) is 9.35. The largest absolute Gasteiger partial charge is 0.396 e. The van der Waals surface area contributed by atoms with E-state index in [0.29, 0.717) is 6.54 Å². The van der Waals surface area contributed by atoms with Crippen LogP contribution in [0.2, 0.25) is 0 Å². The molecule has 1 fully saturated rings. The van der Waals surface area contributed by atoms with Crippen LogP contribution >= 0.6 is 11.3 Å². The fourth-order valence-corrected chi connectivity index (χ4v) is 2.65. The summed E-state index contributed by atoms with van der Waals surface area (Å²) in [6.45, 7) is 7.07. The fraction of sp³-hybridized carbons (Fsp3) is 0.600. The first-order valence-corrected chi connectivity index (χ1v) is 7.69. The van der Waals surface area contributed by atoms with Crippen LogP contribution in [0, 0.1) is 5.41 Å². The molecule has 1 amide bonds. The second-order valence-electron chi connectivity index (χ2n) is 6.53. The van der Waals surface area contributed by atoms with E-state index in [-0.39, 0.29) is 23.3 Å². The van der Waals surface area contributed by atoms with Gasteiger partial charge < -0.3 is 10.4 Å². The summed E-state index contributed by atoms with van der Waals surface area (Å²) in [6.07, 6.45) is 7.12. The van der Waals surface area contributed by atoms with Crippen molar-refractivity contribution < 1.29 is 9.90 Å². The van der Waals surface area contributed by atoms with Crippen molar-refractivity contribution in [3.05, 3.63) is 22.2 Å². The SMILES string of the molecule is CC(C)(C)c1ncc(/C=C/C(=O)NCC2(CO)CC2)s1. The molecule has 0 saturated heterocycles. The molecule has 1 aromatic rings. The van der Waals surface area contributed by atoms with Crippen LogP contribution < -0.4 is 5.32 Å². The second-order valence-corrected chi connectivity index (χ2v) is 7.59. The fourth-order valence-electron chi connectivity index (χ4n) is 1.77. The van der Waals surface area contributed by atoms with Crippen molar-refractivity contribution in [1.82, 2.24) is 10.3 Å². The molecule has 1 saturated carbocycles. The summed E-state index contributed by atoms with van der Waals surface area (Å²) in [4.78, 5) is 17.1. The molecule has 0 aliphatic heterocycles. The predicted molar refractivity (Wildman–Crippen MR) is 81.6 cm³/mol. The van der Waals surface area contributed by atoms with Gasteiger partial charge in [0.1, 0.15) is 0 Å². The Morgan fingerprint density at radius 2 is 2.25 bits per heavy atom. The van der Waals surface area contributed by atoms with E-state index in [1.807, 2.05) is 0 Å². The van der Waals surface area contributed by atoms with Crippen LogP contribution in [-0.4, -0.2) is 29.1 Å². The topological polar surface area (TPSA) is 62.2 Å². The van der Waals surface area contributed by atoms with Gasteiger partial charge in [-0.3, -0.25) is 4.79 Å². The monoisotopic (exact) mass is 294 g/mol. The Bertz CT molecular complexity index is 510. The lowest BCUT2D eigenvalue weighted by atomic mass is 9.98. The molecule has 0 atom stereocenters. The minimum atomic E-state index is -0.115. The number of hydrogen-bond donors (Lipinski definition) is 2. The van der Waals surface area contributed by atoms with Gasteiger partial charge in [-0.2, -0.15) is 0 Å². The van der Waals surface area contributed by atoms with Crippen molar-refractivity contribution in [2.45, 2.75) is 39.0 Å². The Hall–Kier alpha value is -1.20. The summed E-state index contributed by atoms with van der Waals surface area (Å²) in [5.41, 5.74) is -0.00805. The van der Waals surface area contributed by atoms with Gasteiger partial charge >= 0.3 is 0 Å². The number of aromatic nitrogens is 1. The first-order valence-electron chi connectivity index (χ1n) is 6.88. The van der Waals surface area contributed by atoms with Crippen LogP contribution in [-0.2, 0) is 10.2 Å². The molecule has 2 rings (SSSR count). The highest BCUT2D eigenvalue weighted by atomic mass is 32.1. The van der Waals surface area contributed by atoms with Gasteiger partial charge in [0, 0.05) is 34.5 Å². The Morgan fingerprint density at radius 1 is 1.55 bits per heavy atom. The molecule has 4 nitrogen and oxygen atoms in total. The summed E-state index contributed by atoms with van der Waals surface area (Å²) >= 11 is 1.60. The number of nitrogens with zero attached hydrogens (tertiary/aromatic N) is 1. The molecular formula is C15H22N2O2S. The maximum Gasteiger partial charge on any atom is 0.244 e. The Kier molecular flexibility index (Phi) is 4.30. The lowest BCUT2D eigenvalue weighted by Gasteiger charge is -2.13. The van der Waals surface area contributed by atoms with Crippen molar-refractivity contribution in [2.24, 2.45) is 5.41 Å². The molecule has 1 aliphatic carbocycles. The van der Waals surface area contributed by atoms with Gasteiger partial charge in [0.25, 0.3) is 0 Å². The first kappa shape index (κ1) is 15.2. The van der Waals surface area contributed by atoms with Crippen LogP contribution in [0.4, 0.5) is 0 Å². The van der Waals surface area contributed by atoms with Crippen LogP contribution in [0.15, 0.2) is 12.3 Å². The van der Waals surface area contributed by atoms with E-state index in [2.05, 4.69) is 31.1 Å². The lowest BCUT2D eigenvalue weighted by molar-refractivity contribution is -0.116. The summed E-state index contributed by atoms with van der Waals surface area (Å²) in [5.74, 6) is -0.115. The van der Waals surface area contributed by atoms with Crippen molar-refractivity contribution in [1.29, 1.82) is 0 Å². The number of amides is 1. The van der Waals surface area contributed by atoms with E-state index in [9.17, 15) is 9.90 Å². The molecule has 1 aliphatic rings. The number of carbonyl (C=O) groups is 1. The quantitative estimate of drug-likeness (QED) is 0.819. The van der Waals surface area contributed by atoms with Crippen molar-refractivity contribution in [2.75, 3.05) is 13.2 Å². The molecule has 0 radical (unpaired) electrons. The number of aliphatic hydroxyl groups excluding tert-OH is 1. The summed E-state index contributed by atoms with van der Waals surface area (Å²) in [7, 11) is 0. The third-order valence-electron chi connectivity index (χ3n) is 3.49. The minimum Gasteiger partial charge on any atom is -0.396 e. The van der Waals surface area contributed by atoms with Crippen LogP contribution in [0.5, 0.6) is 0 Å². The zero-order chi connectivity index (χ0) is 14.8. The van der Waals surface area contributed by atoms with E-state index < -0.39 is 0 Å². The van der Waals surface area contributed by atoms with E-state index in [0.717, 1.165) is 22.7 Å². The van der Waals surface area contributed by atoms with E-state index in [4.69, 9.17) is 0 Å². The molecule has 110 valence electrons.